The summed E-state index contributed by atoms with van der Waals surface area (Å²) in [7, 11) is 3.44. The third-order valence-corrected chi connectivity index (χ3v) is 3.24. The summed E-state index contributed by atoms with van der Waals surface area (Å²) in [5.41, 5.74) is 2.54. The lowest BCUT2D eigenvalue weighted by Gasteiger charge is -2.26. The summed E-state index contributed by atoms with van der Waals surface area (Å²) in [5, 5.41) is 3.41. The van der Waals surface area contributed by atoms with Crippen LogP contribution in [-0.2, 0) is 10.2 Å². The van der Waals surface area contributed by atoms with Crippen molar-refractivity contribution in [3.8, 4) is 5.75 Å². The summed E-state index contributed by atoms with van der Waals surface area (Å²) in [5.74, 6) is 0.956. The molecular weight excluding hydrogens is 226 g/mol. The highest BCUT2D eigenvalue weighted by Gasteiger charge is 2.21. The zero-order valence-electron chi connectivity index (χ0n) is 12.2. The van der Waals surface area contributed by atoms with Crippen LogP contribution in [0.1, 0.15) is 25.0 Å². The molecule has 1 rings (SSSR count). The molecule has 0 saturated heterocycles. The van der Waals surface area contributed by atoms with Crippen molar-refractivity contribution in [2.45, 2.75) is 26.2 Å². The van der Waals surface area contributed by atoms with E-state index in [1.165, 1.54) is 11.1 Å². The van der Waals surface area contributed by atoms with Crippen LogP contribution in [0.5, 0.6) is 5.75 Å². The highest BCUT2D eigenvalue weighted by molar-refractivity contribution is 5.39. The Kier molecular flexibility index (Phi) is 5.63. The molecule has 3 nitrogen and oxygen atoms in total. The van der Waals surface area contributed by atoms with E-state index in [0.717, 1.165) is 25.4 Å². The molecule has 0 amide bonds. The maximum absolute atomic E-state index is 5.38. The standard InChI is InChI=1S/C15H25NO2/c1-12-6-7-13(10-14(12)18-5)15(2,3)11-16-8-9-17-4/h6-7,10,16H,8-9,11H2,1-5H3. The van der Waals surface area contributed by atoms with E-state index in [1.807, 2.05) is 0 Å². The Bertz CT molecular complexity index is 375. The molecule has 0 atom stereocenters. The lowest BCUT2D eigenvalue weighted by Crippen LogP contribution is -2.34. The minimum absolute atomic E-state index is 0.0781. The lowest BCUT2D eigenvalue weighted by molar-refractivity contribution is 0.197. The van der Waals surface area contributed by atoms with Gasteiger partial charge in [-0.05, 0) is 24.1 Å². The summed E-state index contributed by atoms with van der Waals surface area (Å²) >= 11 is 0. The largest absolute Gasteiger partial charge is 0.496 e. The SMILES string of the molecule is COCCNCC(C)(C)c1ccc(C)c(OC)c1. The van der Waals surface area contributed by atoms with E-state index in [0.29, 0.717) is 0 Å². The quantitative estimate of drug-likeness (QED) is 0.755. The minimum Gasteiger partial charge on any atom is -0.496 e. The molecule has 1 aromatic rings. The molecule has 18 heavy (non-hydrogen) atoms. The zero-order chi connectivity index (χ0) is 13.6. The molecule has 3 heteroatoms. The van der Waals surface area contributed by atoms with E-state index >= 15 is 0 Å². The van der Waals surface area contributed by atoms with Crippen LogP contribution in [0.4, 0.5) is 0 Å². The van der Waals surface area contributed by atoms with Gasteiger partial charge >= 0.3 is 0 Å². The van der Waals surface area contributed by atoms with E-state index in [9.17, 15) is 0 Å². The highest BCUT2D eigenvalue weighted by Crippen LogP contribution is 2.28. The second-order valence-corrected chi connectivity index (χ2v) is 5.24. The van der Waals surface area contributed by atoms with Crippen molar-refractivity contribution in [3.05, 3.63) is 29.3 Å². The van der Waals surface area contributed by atoms with Crippen molar-refractivity contribution in [1.29, 1.82) is 0 Å². The Hall–Kier alpha value is -1.06. The second kappa shape index (κ2) is 6.76. The van der Waals surface area contributed by atoms with Crippen LogP contribution < -0.4 is 10.1 Å². The normalized spacial score (nSPS) is 11.6. The van der Waals surface area contributed by atoms with Crippen molar-refractivity contribution in [2.75, 3.05) is 33.9 Å². The third kappa shape index (κ3) is 4.00. The van der Waals surface area contributed by atoms with Crippen molar-refractivity contribution < 1.29 is 9.47 Å². The smallest absolute Gasteiger partial charge is 0.122 e. The Morgan fingerprint density at radius 1 is 1.22 bits per heavy atom. The molecule has 1 aromatic carbocycles. The van der Waals surface area contributed by atoms with Crippen LogP contribution >= 0.6 is 0 Å². The molecular formula is C15H25NO2. The van der Waals surface area contributed by atoms with Gasteiger partial charge in [-0.3, -0.25) is 0 Å². The molecule has 0 unspecified atom stereocenters. The Morgan fingerprint density at radius 3 is 2.56 bits per heavy atom. The van der Waals surface area contributed by atoms with Gasteiger partial charge in [-0.2, -0.15) is 0 Å². The minimum atomic E-state index is 0.0781. The topological polar surface area (TPSA) is 30.5 Å². The van der Waals surface area contributed by atoms with Gasteiger partial charge < -0.3 is 14.8 Å². The monoisotopic (exact) mass is 251 g/mol. The fraction of sp³-hybridized carbons (Fsp3) is 0.600. The molecule has 0 aliphatic rings. The Balaban J connectivity index is 2.71. The molecule has 0 heterocycles. The number of methoxy groups -OCH3 is 2. The van der Waals surface area contributed by atoms with Crippen LogP contribution in [0.25, 0.3) is 0 Å². The molecule has 0 fully saturated rings. The number of benzene rings is 1. The number of hydrogen-bond donors (Lipinski definition) is 1. The first-order chi connectivity index (χ1) is 8.51. The molecule has 102 valence electrons. The molecule has 1 N–H and O–H groups in total. The number of ether oxygens (including phenoxy) is 2. The summed E-state index contributed by atoms with van der Waals surface area (Å²) in [6, 6.07) is 6.42. The van der Waals surface area contributed by atoms with Gasteiger partial charge in [0.05, 0.1) is 13.7 Å². The number of rotatable bonds is 7. The molecule has 0 bridgehead atoms. The van der Waals surface area contributed by atoms with E-state index in [2.05, 4.69) is 44.3 Å². The zero-order valence-corrected chi connectivity index (χ0v) is 12.2. The Labute approximate surface area is 110 Å². The van der Waals surface area contributed by atoms with Crippen molar-refractivity contribution in [2.24, 2.45) is 0 Å². The van der Waals surface area contributed by atoms with Gasteiger partial charge in [-0.25, -0.2) is 0 Å². The molecule has 0 spiro atoms. The average Bonchev–Trinajstić information content (AvgIpc) is 2.35. The van der Waals surface area contributed by atoms with E-state index in [1.54, 1.807) is 14.2 Å². The number of hydrogen-bond acceptors (Lipinski definition) is 3. The van der Waals surface area contributed by atoms with Gasteiger partial charge in [0, 0.05) is 25.6 Å². The van der Waals surface area contributed by atoms with E-state index in [4.69, 9.17) is 9.47 Å². The van der Waals surface area contributed by atoms with Gasteiger partial charge in [-0.15, -0.1) is 0 Å². The van der Waals surface area contributed by atoms with Crippen molar-refractivity contribution in [3.63, 3.8) is 0 Å². The first kappa shape index (κ1) is 15.0. The van der Waals surface area contributed by atoms with Crippen molar-refractivity contribution in [1.82, 2.24) is 5.32 Å². The summed E-state index contributed by atoms with van der Waals surface area (Å²) in [6.45, 7) is 9.07. The fourth-order valence-electron chi connectivity index (χ4n) is 1.92. The van der Waals surface area contributed by atoms with Gasteiger partial charge in [0.1, 0.15) is 5.75 Å². The van der Waals surface area contributed by atoms with Crippen LogP contribution in [0.3, 0.4) is 0 Å². The molecule has 0 radical (unpaired) electrons. The van der Waals surface area contributed by atoms with Crippen LogP contribution in [0.15, 0.2) is 18.2 Å². The maximum Gasteiger partial charge on any atom is 0.122 e. The Morgan fingerprint density at radius 2 is 1.94 bits per heavy atom. The van der Waals surface area contributed by atoms with E-state index in [-0.39, 0.29) is 5.41 Å². The third-order valence-electron chi connectivity index (χ3n) is 3.24. The van der Waals surface area contributed by atoms with E-state index < -0.39 is 0 Å². The molecule has 0 aliphatic heterocycles. The first-order valence-corrected chi connectivity index (χ1v) is 6.36. The van der Waals surface area contributed by atoms with Gasteiger partial charge in [0.2, 0.25) is 0 Å². The first-order valence-electron chi connectivity index (χ1n) is 6.36. The molecule has 0 aromatic heterocycles. The maximum atomic E-state index is 5.38. The van der Waals surface area contributed by atoms with Crippen molar-refractivity contribution >= 4 is 0 Å². The van der Waals surface area contributed by atoms with Crippen LogP contribution in [0.2, 0.25) is 0 Å². The van der Waals surface area contributed by atoms with Crippen LogP contribution in [0, 0.1) is 6.92 Å². The average molecular weight is 251 g/mol. The number of nitrogens with one attached hydrogen (secondary N) is 1. The predicted octanol–water partition coefficient (Wildman–Crippen LogP) is 2.52. The fourth-order valence-corrected chi connectivity index (χ4v) is 1.92. The highest BCUT2D eigenvalue weighted by atomic mass is 16.5. The predicted molar refractivity (Wildman–Crippen MR) is 75.5 cm³/mol. The van der Waals surface area contributed by atoms with Gasteiger partial charge in [0.15, 0.2) is 0 Å². The summed E-state index contributed by atoms with van der Waals surface area (Å²) < 4.78 is 10.4. The lowest BCUT2D eigenvalue weighted by atomic mass is 9.84. The molecule has 0 saturated carbocycles. The van der Waals surface area contributed by atoms with Gasteiger partial charge in [-0.1, -0.05) is 26.0 Å². The van der Waals surface area contributed by atoms with Crippen LogP contribution in [-0.4, -0.2) is 33.9 Å². The summed E-state index contributed by atoms with van der Waals surface area (Å²) in [4.78, 5) is 0. The summed E-state index contributed by atoms with van der Waals surface area (Å²) in [6.07, 6.45) is 0. The molecule has 0 aliphatic carbocycles. The number of aryl methyl sites for hydroxylation is 1. The second-order valence-electron chi connectivity index (χ2n) is 5.24. The van der Waals surface area contributed by atoms with Gasteiger partial charge in [0.25, 0.3) is 0 Å².